The molecule has 20 heavy (non-hydrogen) atoms. The first-order chi connectivity index (χ1) is 9.58. The molecule has 0 aromatic carbocycles. The van der Waals surface area contributed by atoms with Crippen LogP contribution in [-0.2, 0) is 6.42 Å². The van der Waals surface area contributed by atoms with Gasteiger partial charge in [0.1, 0.15) is 5.03 Å². The van der Waals surface area contributed by atoms with Crippen LogP contribution in [0.5, 0.6) is 0 Å². The van der Waals surface area contributed by atoms with Gasteiger partial charge in [-0.2, -0.15) is 0 Å². The number of carboxylic acids is 1. The summed E-state index contributed by atoms with van der Waals surface area (Å²) < 4.78 is 0. The van der Waals surface area contributed by atoms with Crippen LogP contribution < -0.4 is 5.56 Å². The highest BCUT2D eigenvalue weighted by Crippen LogP contribution is 2.22. The van der Waals surface area contributed by atoms with Crippen LogP contribution in [0, 0.1) is 0 Å². The predicted molar refractivity (Wildman–Crippen MR) is 74.2 cm³/mol. The number of H-pyrrole nitrogens is 1. The molecule has 2 rings (SSSR count). The predicted octanol–water partition coefficient (Wildman–Crippen LogP) is 1.97. The molecular weight excluding hydrogens is 278 g/mol. The van der Waals surface area contributed by atoms with Gasteiger partial charge in [-0.3, -0.25) is 4.79 Å². The molecular formula is C13H13N3O3S. The molecule has 7 heteroatoms. The third-order valence-electron chi connectivity index (χ3n) is 2.46. The number of nitrogens with one attached hydrogen (secondary N) is 1. The molecule has 0 amide bonds. The number of aromatic carboxylic acids is 1. The van der Waals surface area contributed by atoms with Gasteiger partial charge in [0.2, 0.25) is 0 Å². The lowest BCUT2D eigenvalue weighted by Gasteiger charge is -2.03. The first kappa shape index (κ1) is 14.3. The largest absolute Gasteiger partial charge is 0.478 e. The third kappa shape index (κ3) is 3.67. The summed E-state index contributed by atoms with van der Waals surface area (Å²) in [6, 6.07) is 4.32. The number of aromatic amines is 1. The minimum absolute atomic E-state index is 0.148. The van der Waals surface area contributed by atoms with Gasteiger partial charge in [-0.15, -0.1) is 0 Å². The van der Waals surface area contributed by atoms with E-state index in [0.717, 1.165) is 24.6 Å². The zero-order chi connectivity index (χ0) is 14.5. The van der Waals surface area contributed by atoms with Crippen molar-refractivity contribution < 1.29 is 9.90 Å². The van der Waals surface area contributed by atoms with E-state index in [1.54, 1.807) is 0 Å². The summed E-state index contributed by atoms with van der Waals surface area (Å²) >= 11 is 1.13. The van der Waals surface area contributed by atoms with E-state index in [-0.39, 0.29) is 11.1 Å². The molecule has 2 aromatic rings. The Balaban J connectivity index is 2.27. The van der Waals surface area contributed by atoms with Crippen LogP contribution in [0.4, 0.5) is 0 Å². The van der Waals surface area contributed by atoms with Crippen LogP contribution in [-0.4, -0.2) is 26.0 Å². The lowest BCUT2D eigenvalue weighted by atomic mass is 10.2. The highest BCUT2D eigenvalue weighted by atomic mass is 32.2. The molecule has 0 fully saturated rings. The maximum Gasteiger partial charge on any atom is 0.335 e. The molecule has 0 spiro atoms. The summed E-state index contributed by atoms with van der Waals surface area (Å²) in [6.07, 6.45) is 3.03. The van der Waals surface area contributed by atoms with Gasteiger partial charge in [0.25, 0.3) is 5.56 Å². The van der Waals surface area contributed by atoms with Crippen molar-refractivity contribution in [1.82, 2.24) is 15.0 Å². The maximum atomic E-state index is 11.5. The summed E-state index contributed by atoms with van der Waals surface area (Å²) in [7, 11) is 0. The van der Waals surface area contributed by atoms with E-state index in [1.165, 1.54) is 24.4 Å². The van der Waals surface area contributed by atoms with Crippen molar-refractivity contribution >= 4 is 17.7 Å². The summed E-state index contributed by atoms with van der Waals surface area (Å²) in [5.74, 6) is -1.02. The van der Waals surface area contributed by atoms with Crippen molar-refractivity contribution in [3.63, 3.8) is 0 Å². The van der Waals surface area contributed by atoms with Gasteiger partial charge >= 0.3 is 5.97 Å². The van der Waals surface area contributed by atoms with E-state index in [9.17, 15) is 9.59 Å². The number of aromatic nitrogens is 3. The lowest BCUT2D eigenvalue weighted by molar-refractivity contribution is 0.0696. The number of rotatable bonds is 5. The Morgan fingerprint density at radius 3 is 2.95 bits per heavy atom. The molecule has 0 saturated heterocycles. The van der Waals surface area contributed by atoms with Gasteiger partial charge in [0, 0.05) is 18.0 Å². The van der Waals surface area contributed by atoms with Crippen LogP contribution in [0.3, 0.4) is 0 Å². The summed E-state index contributed by atoms with van der Waals surface area (Å²) in [5, 5.41) is 9.81. The van der Waals surface area contributed by atoms with E-state index < -0.39 is 5.97 Å². The third-order valence-corrected chi connectivity index (χ3v) is 3.28. The number of hydrogen-bond donors (Lipinski definition) is 2. The van der Waals surface area contributed by atoms with Crippen molar-refractivity contribution in [3.05, 3.63) is 46.0 Å². The SMILES string of the molecule is CCCc1cc(=O)[nH]c(Sc2cc(C(=O)O)ccn2)n1. The highest BCUT2D eigenvalue weighted by molar-refractivity contribution is 7.99. The number of carboxylic acid groups (broad SMARTS) is 1. The molecule has 0 saturated carbocycles. The standard InChI is InChI=1S/C13H13N3O3S/c1-2-3-9-7-10(17)16-13(15-9)20-11-6-8(12(18)19)4-5-14-11/h4-7H,2-3H2,1H3,(H,18,19)(H,15,16,17). The van der Waals surface area contributed by atoms with Crippen molar-refractivity contribution in [2.24, 2.45) is 0 Å². The fourth-order valence-corrected chi connectivity index (χ4v) is 2.43. The summed E-state index contributed by atoms with van der Waals surface area (Å²) in [5.41, 5.74) is 0.642. The Kier molecular flexibility index (Phi) is 4.52. The molecule has 6 nitrogen and oxygen atoms in total. The Hall–Kier alpha value is -2.15. The van der Waals surface area contributed by atoms with E-state index in [0.29, 0.717) is 15.9 Å². The maximum absolute atomic E-state index is 11.5. The monoisotopic (exact) mass is 291 g/mol. The van der Waals surface area contributed by atoms with Gasteiger partial charge in [-0.05, 0) is 30.3 Å². The quantitative estimate of drug-likeness (QED) is 0.818. The molecule has 0 radical (unpaired) electrons. The van der Waals surface area contributed by atoms with E-state index >= 15 is 0 Å². The van der Waals surface area contributed by atoms with Crippen LogP contribution in [0.25, 0.3) is 0 Å². The Morgan fingerprint density at radius 1 is 1.45 bits per heavy atom. The lowest BCUT2D eigenvalue weighted by Crippen LogP contribution is -2.10. The van der Waals surface area contributed by atoms with Gasteiger partial charge in [-0.1, -0.05) is 13.3 Å². The zero-order valence-corrected chi connectivity index (χ0v) is 11.6. The van der Waals surface area contributed by atoms with Gasteiger partial charge in [-0.25, -0.2) is 14.8 Å². The first-order valence-electron chi connectivity index (χ1n) is 6.06. The molecule has 2 aromatic heterocycles. The number of carbonyl (C=O) groups is 1. The fourth-order valence-electron chi connectivity index (χ4n) is 1.61. The highest BCUT2D eigenvalue weighted by Gasteiger charge is 2.08. The van der Waals surface area contributed by atoms with Crippen LogP contribution in [0.15, 0.2) is 39.4 Å². The van der Waals surface area contributed by atoms with Crippen LogP contribution in [0.2, 0.25) is 0 Å². The van der Waals surface area contributed by atoms with Gasteiger partial charge < -0.3 is 10.1 Å². The summed E-state index contributed by atoms with van der Waals surface area (Å²) in [6.45, 7) is 2.01. The minimum atomic E-state index is -1.02. The first-order valence-corrected chi connectivity index (χ1v) is 6.87. The second-order valence-corrected chi connectivity index (χ2v) is 5.09. The topological polar surface area (TPSA) is 95.9 Å². The molecule has 0 atom stereocenters. The number of pyridine rings is 1. The molecule has 0 unspecified atom stereocenters. The van der Waals surface area contributed by atoms with Gasteiger partial charge in [0.15, 0.2) is 5.16 Å². The fraction of sp³-hybridized carbons (Fsp3) is 0.231. The average molecular weight is 291 g/mol. The molecule has 104 valence electrons. The Bertz CT molecular complexity index is 685. The molecule has 0 aliphatic heterocycles. The van der Waals surface area contributed by atoms with Crippen molar-refractivity contribution in [3.8, 4) is 0 Å². The van der Waals surface area contributed by atoms with Gasteiger partial charge in [0.05, 0.1) is 5.56 Å². The normalized spacial score (nSPS) is 10.4. The molecule has 2 N–H and O–H groups in total. The Morgan fingerprint density at radius 2 is 2.25 bits per heavy atom. The van der Waals surface area contributed by atoms with E-state index in [4.69, 9.17) is 5.11 Å². The van der Waals surface area contributed by atoms with Crippen molar-refractivity contribution in [2.75, 3.05) is 0 Å². The molecule has 0 bridgehead atoms. The number of hydrogen-bond acceptors (Lipinski definition) is 5. The van der Waals surface area contributed by atoms with Crippen molar-refractivity contribution in [1.29, 1.82) is 0 Å². The minimum Gasteiger partial charge on any atom is -0.478 e. The van der Waals surface area contributed by atoms with E-state index in [2.05, 4.69) is 15.0 Å². The smallest absolute Gasteiger partial charge is 0.335 e. The molecule has 0 aliphatic rings. The van der Waals surface area contributed by atoms with Crippen LogP contribution in [0.1, 0.15) is 29.4 Å². The number of aryl methyl sites for hydroxylation is 1. The average Bonchev–Trinajstić information content (AvgIpc) is 2.38. The van der Waals surface area contributed by atoms with Crippen LogP contribution >= 0.6 is 11.8 Å². The van der Waals surface area contributed by atoms with Crippen molar-refractivity contribution in [2.45, 2.75) is 29.9 Å². The van der Waals surface area contributed by atoms with E-state index in [1.807, 2.05) is 6.92 Å². The molecule has 0 aliphatic carbocycles. The second-order valence-electron chi connectivity index (χ2n) is 4.08. The summed E-state index contributed by atoms with van der Waals surface area (Å²) in [4.78, 5) is 33.4. The second kappa shape index (κ2) is 6.33. The molecule has 2 heterocycles. The zero-order valence-electron chi connectivity index (χ0n) is 10.8. The Labute approximate surface area is 119 Å². The number of nitrogens with zero attached hydrogens (tertiary/aromatic N) is 2.